The number of nitrogens with one attached hydrogen (secondary N) is 1. The maximum Gasteiger partial charge on any atom is 0.416 e. The lowest BCUT2D eigenvalue weighted by molar-refractivity contribution is -0.138. The number of amides is 2. The predicted molar refractivity (Wildman–Crippen MR) is 145 cm³/mol. The number of rotatable bonds is 11. The summed E-state index contributed by atoms with van der Waals surface area (Å²) in [5.41, 5.74) is 0.775. The Morgan fingerprint density at radius 1 is 1.02 bits per heavy atom. The van der Waals surface area contributed by atoms with Gasteiger partial charge in [0.15, 0.2) is 0 Å². The average molecular weight is 578 g/mol. The summed E-state index contributed by atoms with van der Waals surface area (Å²) in [5.74, 6) is -1.14. The molecule has 0 aliphatic rings. The van der Waals surface area contributed by atoms with Crippen LogP contribution in [-0.4, -0.2) is 42.7 Å². The second-order valence-electron chi connectivity index (χ2n) is 8.87. The number of aryl methyl sites for hydroxylation is 1. The lowest BCUT2D eigenvalue weighted by Crippen LogP contribution is -2.39. The summed E-state index contributed by atoms with van der Waals surface area (Å²) in [6, 6.07) is 15.8. The Morgan fingerprint density at radius 3 is 2.48 bits per heavy atom. The van der Waals surface area contributed by atoms with Crippen LogP contribution in [0.15, 0.2) is 71.8 Å². The second-order valence-corrected chi connectivity index (χ2v) is 9.30. The molecule has 1 N–H and O–H groups in total. The van der Waals surface area contributed by atoms with E-state index in [0.717, 1.165) is 11.1 Å². The maximum absolute atomic E-state index is 13.6. The van der Waals surface area contributed by atoms with Crippen LogP contribution in [0.25, 0.3) is 0 Å². The van der Waals surface area contributed by atoms with Gasteiger partial charge in [0.2, 0.25) is 11.8 Å². The van der Waals surface area contributed by atoms with Crippen molar-refractivity contribution in [3.05, 3.63) is 99.8 Å². The maximum atomic E-state index is 13.6. The van der Waals surface area contributed by atoms with Gasteiger partial charge in [0, 0.05) is 23.6 Å². The summed E-state index contributed by atoms with van der Waals surface area (Å²) < 4.78 is 58.7. The minimum absolute atomic E-state index is 0.0435. The number of nitrogens with zero attached hydrogens (tertiary/aromatic N) is 2. The second kappa shape index (κ2) is 13.9. The fourth-order valence-corrected chi connectivity index (χ4v) is 4.16. The van der Waals surface area contributed by atoms with Gasteiger partial charge in [-0.15, -0.1) is 0 Å². The van der Waals surface area contributed by atoms with Crippen LogP contribution in [0.2, 0.25) is 5.02 Å². The van der Waals surface area contributed by atoms with Crippen LogP contribution >= 0.6 is 11.6 Å². The van der Waals surface area contributed by atoms with Gasteiger partial charge in [-0.05, 0) is 67.3 Å². The van der Waals surface area contributed by atoms with E-state index >= 15 is 0 Å². The van der Waals surface area contributed by atoms with E-state index in [2.05, 4.69) is 10.4 Å². The minimum atomic E-state index is -4.51. The Balaban J connectivity index is 1.75. The molecule has 0 saturated heterocycles. The number of ether oxygens (including phenoxy) is 1. The smallest absolute Gasteiger partial charge is 0.416 e. The normalized spacial score (nSPS) is 11.7. The van der Waals surface area contributed by atoms with Crippen LogP contribution in [0, 0.1) is 5.82 Å². The molecule has 6 nitrogen and oxygen atoms in total. The molecule has 0 atom stereocenters. The molecule has 212 valence electrons. The first-order valence-electron chi connectivity index (χ1n) is 12.3. The Morgan fingerprint density at radius 2 is 1.77 bits per heavy atom. The molecular formula is C29H28ClF4N3O3. The Labute approximate surface area is 234 Å². The van der Waals surface area contributed by atoms with Crippen molar-refractivity contribution in [1.29, 1.82) is 0 Å². The van der Waals surface area contributed by atoms with Crippen LogP contribution in [-0.2, 0) is 28.6 Å². The SMILES string of the molecule is COc1cc(Cl)ccc1/C(C)=N/N(CC(=O)NCCc1ccccc1C(F)(F)F)C(=O)CCc1cccc(F)c1. The third-order valence-corrected chi connectivity index (χ3v) is 6.20. The van der Waals surface area contributed by atoms with E-state index in [1.54, 1.807) is 31.2 Å². The minimum Gasteiger partial charge on any atom is -0.496 e. The van der Waals surface area contributed by atoms with Gasteiger partial charge in [0.25, 0.3) is 0 Å². The summed E-state index contributed by atoms with van der Waals surface area (Å²) in [6.45, 7) is 1.08. The number of benzene rings is 3. The molecule has 0 fully saturated rings. The van der Waals surface area contributed by atoms with Crippen molar-refractivity contribution in [2.45, 2.75) is 32.4 Å². The van der Waals surface area contributed by atoms with Crippen LogP contribution in [0.5, 0.6) is 5.75 Å². The molecule has 0 bridgehead atoms. The monoisotopic (exact) mass is 577 g/mol. The predicted octanol–water partition coefficient (Wildman–Crippen LogP) is 6.05. The van der Waals surface area contributed by atoms with E-state index in [9.17, 15) is 27.2 Å². The van der Waals surface area contributed by atoms with Crippen molar-refractivity contribution in [2.24, 2.45) is 5.10 Å². The van der Waals surface area contributed by atoms with E-state index in [1.807, 2.05) is 0 Å². The van der Waals surface area contributed by atoms with Crippen molar-refractivity contribution in [1.82, 2.24) is 10.3 Å². The lowest BCUT2D eigenvalue weighted by atomic mass is 10.0. The highest BCUT2D eigenvalue weighted by Crippen LogP contribution is 2.32. The molecule has 0 radical (unpaired) electrons. The third kappa shape index (κ3) is 8.81. The van der Waals surface area contributed by atoms with Gasteiger partial charge in [-0.1, -0.05) is 41.9 Å². The van der Waals surface area contributed by atoms with Gasteiger partial charge in [0.05, 0.1) is 18.4 Å². The molecule has 2 amide bonds. The topological polar surface area (TPSA) is 71.0 Å². The number of hydrogen-bond donors (Lipinski definition) is 1. The molecule has 0 aliphatic heterocycles. The van der Waals surface area contributed by atoms with E-state index in [4.69, 9.17) is 16.3 Å². The first-order chi connectivity index (χ1) is 19.0. The quantitative estimate of drug-likeness (QED) is 0.171. The lowest BCUT2D eigenvalue weighted by Gasteiger charge is -2.19. The zero-order valence-corrected chi connectivity index (χ0v) is 22.7. The molecule has 0 heterocycles. The largest absolute Gasteiger partial charge is 0.496 e. The summed E-state index contributed by atoms with van der Waals surface area (Å²) >= 11 is 6.04. The average Bonchev–Trinajstić information content (AvgIpc) is 2.91. The molecule has 0 spiro atoms. The van der Waals surface area contributed by atoms with Gasteiger partial charge in [0.1, 0.15) is 18.1 Å². The van der Waals surface area contributed by atoms with Crippen LogP contribution in [0.1, 0.15) is 35.6 Å². The molecule has 3 aromatic carbocycles. The van der Waals surface area contributed by atoms with Gasteiger partial charge < -0.3 is 10.1 Å². The highest BCUT2D eigenvalue weighted by molar-refractivity contribution is 6.30. The molecule has 0 aliphatic carbocycles. The summed E-state index contributed by atoms with van der Waals surface area (Å²) in [7, 11) is 1.45. The van der Waals surface area contributed by atoms with Crippen LogP contribution < -0.4 is 10.1 Å². The third-order valence-electron chi connectivity index (χ3n) is 5.96. The van der Waals surface area contributed by atoms with E-state index in [-0.39, 0.29) is 31.4 Å². The highest BCUT2D eigenvalue weighted by Gasteiger charge is 2.32. The zero-order valence-electron chi connectivity index (χ0n) is 21.9. The fourth-order valence-electron chi connectivity index (χ4n) is 3.99. The zero-order chi connectivity index (χ0) is 29.3. The number of hydrogen-bond acceptors (Lipinski definition) is 4. The molecular weight excluding hydrogens is 550 g/mol. The van der Waals surface area contributed by atoms with Gasteiger partial charge in [-0.25, -0.2) is 9.40 Å². The Kier molecular flexibility index (Phi) is 10.7. The molecule has 40 heavy (non-hydrogen) atoms. The number of halogens is 5. The molecule has 0 aromatic heterocycles. The summed E-state index contributed by atoms with van der Waals surface area (Å²) in [6.07, 6.45) is -4.42. The van der Waals surface area contributed by atoms with Crippen LogP contribution in [0.3, 0.4) is 0 Å². The summed E-state index contributed by atoms with van der Waals surface area (Å²) in [5, 5.41) is 8.34. The van der Waals surface area contributed by atoms with Gasteiger partial charge in [-0.3, -0.25) is 9.59 Å². The number of alkyl halides is 3. The van der Waals surface area contributed by atoms with Crippen LogP contribution in [0.4, 0.5) is 17.6 Å². The van der Waals surface area contributed by atoms with Crippen molar-refractivity contribution in [2.75, 3.05) is 20.2 Å². The summed E-state index contributed by atoms with van der Waals surface area (Å²) in [4.78, 5) is 25.9. The standard InChI is InChI=1S/C29H28ClF4N3O3/c1-19(24-12-11-22(30)17-26(24)40-2)36-37(28(39)13-10-20-6-5-8-23(31)16-20)18-27(38)35-15-14-21-7-3-4-9-25(21)29(32,33)34/h3-9,11-12,16-17H,10,13-15,18H2,1-2H3,(H,35,38)/b36-19+. The highest BCUT2D eigenvalue weighted by atomic mass is 35.5. The molecule has 3 rings (SSSR count). The molecule has 11 heteroatoms. The van der Waals surface area contributed by atoms with E-state index in [0.29, 0.717) is 27.6 Å². The van der Waals surface area contributed by atoms with Gasteiger partial charge >= 0.3 is 6.18 Å². The first-order valence-corrected chi connectivity index (χ1v) is 12.7. The molecule has 0 unspecified atom stereocenters. The van der Waals surface area contributed by atoms with Crippen molar-refractivity contribution in [3.8, 4) is 5.75 Å². The fraction of sp³-hybridized carbons (Fsp3) is 0.276. The molecule has 3 aromatic rings. The van der Waals surface area contributed by atoms with E-state index < -0.39 is 35.9 Å². The van der Waals surface area contributed by atoms with Crippen molar-refractivity contribution >= 4 is 29.1 Å². The number of hydrazone groups is 1. The molecule has 0 saturated carbocycles. The Hall–Kier alpha value is -3.92. The van der Waals surface area contributed by atoms with E-state index in [1.165, 1.54) is 43.5 Å². The van der Waals surface area contributed by atoms with Gasteiger partial charge in [-0.2, -0.15) is 18.3 Å². The van der Waals surface area contributed by atoms with Crippen molar-refractivity contribution < 1.29 is 31.9 Å². The first kappa shape index (κ1) is 30.6. The Bertz CT molecular complexity index is 1380. The van der Waals surface area contributed by atoms with Crippen molar-refractivity contribution in [3.63, 3.8) is 0 Å². The number of carbonyl (C=O) groups excluding carboxylic acids is 2. The number of methoxy groups -OCH3 is 1. The number of carbonyl (C=O) groups is 2.